The molecule has 0 spiro atoms. The third kappa shape index (κ3) is 4.16. The minimum absolute atomic E-state index is 0.122. The number of pyridine rings is 1. The Hall–Kier alpha value is -3.31. The predicted molar refractivity (Wildman–Crippen MR) is 110 cm³/mol. The van der Waals surface area contributed by atoms with Crippen molar-refractivity contribution < 1.29 is 18.3 Å². The van der Waals surface area contributed by atoms with Crippen molar-refractivity contribution in [3.63, 3.8) is 0 Å². The molecule has 0 fully saturated rings. The van der Waals surface area contributed by atoms with Gasteiger partial charge in [0.1, 0.15) is 16.0 Å². The van der Waals surface area contributed by atoms with E-state index in [1.807, 2.05) is 0 Å². The molecule has 3 heterocycles. The van der Waals surface area contributed by atoms with Crippen molar-refractivity contribution in [3.05, 3.63) is 64.0 Å². The van der Waals surface area contributed by atoms with Crippen LogP contribution in [0.15, 0.2) is 47.3 Å². The highest BCUT2D eigenvalue weighted by atomic mass is 79.9. The molecule has 12 heteroatoms. The van der Waals surface area contributed by atoms with Gasteiger partial charge < -0.3 is 15.0 Å². The minimum Gasteiger partial charge on any atom is -0.450 e. The molecular formula is C18H10BrClF2N6O2. The lowest BCUT2D eigenvalue weighted by Gasteiger charge is -2.12. The van der Waals surface area contributed by atoms with Crippen LogP contribution in [0.1, 0.15) is 0 Å². The number of ether oxygens (including phenoxy) is 1. The second kappa shape index (κ2) is 8.20. The van der Waals surface area contributed by atoms with Crippen molar-refractivity contribution >= 4 is 56.1 Å². The lowest BCUT2D eigenvalue weighted by atomic mass is 10.2. The van der Waals surface area contributed by atoms with Gasteiger partial charge in [0.2, 0.25) is 0 Å². The molecule has 0 unspecified atom stereocenters. The number of H-pyrrole nitrogens is 1. The number of fused-ring (bicyclic) bond motifs is 1. The Labute approximate surface area is 180 Å². The number of nitrogens with zero attached hydrogens (tertiary/aromatic N) is 3. The van der Waals surface area contributed by atoms with E-state index in [0.717, 1.165) is 12.1 Å². The molecule has 0 atom stereocenters. The van der Waals surface area contributed by atoms with E-state index in [-0.39, 0.29) is 17.3 Å². The first kappa shape index (κ1) is 20.0. The first-order chi connectivity index (χ1) is 14.4. The Kier molecular flexibility index (Phi) is 5.46. The molecule has 0 radical (unpaired) electrons. The molecule has 8 nitrogen and oxygen atoms in total. The molecule has 2 amide bonds. The van der Waals surface area contributed by atoms with Gasteiger partial charge in [-0.25, -0.2) is 18.6 Å². The van der Waals surface area contributed by atoms with Crippen LogP contribution in [0.5, 0.6) is 11.5 Å². The summed E-state index contributed by atoms with van der Waals surface area (Å²) in [5, 5.41) is 12.8. The monoisotopic (exact) mass is 494 g/mol. The summed E-state index contributed by atoms with van der Waals surface area (Å²) in [4.78, 5) is 18.9. The molecular weight excluding hydrogens is 486 g/mol. The van der Waals surface area contributed by atoms with E-state index < -0.39 is 23.4 Å². The molecule has 0 saturated carbocycles. The lowest BCUT2D eigenvalue weighted by Crippen LogP contribution is -2.20. The van der Waals surface area contributed by atoms with Crippen molar-refractivity contribution in [3.8, 4) is 11.5 Å². The second-order valence-electron chi connectivity index (χ2n) is 5.86. The number of nitrogens with one attached hydrogen (secondary N) is 3. The van der Waals surface area contributed by atoms with E-state index in [4.69, 9.17) is 16.3 Å². The van der Waals surface area contributed by atoms with Crippen molar-refractivity contribution in [1.29, 1.82) is 0 Å². The highest BCUT2D eigenvalue weighted by Gasteiger charge is 2.18. The Morgan fingerprint density at radius 3 is 2.60 bits per heavy atom. The number of urea groups is 1. The number of aromatic amines is 1. The molecule has 3 aromatic heterocycles. The van der Waals surface area contributed by atoms with Crippen molar-refractivity contribution in [2.24, 2.45) is 0 Å². The first-order valence-electron chi connectivity index (χ1n) is 8.26. The lowest BCUT2D eigenvalue weighted by molar-refractivity contribution is 0.262. The Bertz CT molecular complexity index is 1230. The number of halogens is 4. The number of rotatable bonds is 4. The first-order valence-corrected chi connectivity index (χ1v) is 9.43. The topological polar surface area (TPSA) is 105 Å². The molecule has 0 saturated heterocycles. The maximum atomic E-state index is 14.5. The summed E-state index contributed by atoms with van der Waals surface area (Å²) in [6.07, 6.45) is 2.89. The van der Waals surface area contributed by atoms with Gasteiger partial charge >= 0.3 is 6.03 Å². The number of carbonyl (C=O) groups excluding carboxylic acids is 1. The summed E-state index contributed by atoms with van der Waals surface area (Å²) in [6, 6.07) is 5.58. The number of benzene rings is 1. The maximum Gasteiger partial charge on any atom is 0.324 e. The predicted octanol–water partition coefficient (Wildman–Crippen LogP) is 5.48. The van der Waals surface area contributed by atoms with Crippen LogP contribution in [-0.4, -0.2) is 26.2 Å². The molecule has 30 heavy (non-hydrogen) atoms. The van der Waals surface area contributed by atoms with Gasteiger partial charge in [0.05, 0.1) is 10.4 Å². The highest BCUT2D eigenvalue weighted by Crippen LogP contribution is 2.36. The van der Waals surface area contributed by atoms with Gasteiger partial charge in [0.15, 0.2) is 23.2 Å². The zero-order valence-corrected chi connectivity index (χ0v) is 17.1. The number of hydrogen-bond donors (Lipinski definition) is 3. The van der Waals surface area contributed by atoms with Gasteiger partial charge in [0, 0.05) is 30.2 Å². The molecule has 1 aromatic carbocycles. The number of amides is 2. The zero-order chi connectivity index (χ0) is 21.3. The SMILES string of the molecule is O=C(Nc1cc(F)c(Oc2ccnc3[nH]cc(Cl)c23)c(F)c1)Nc1ccc(Br)nn1. The molecule has 4 aromatic rings. The van der Waals surface area contributed by atoms with Gasteiger partial charge in [-0.05, 0) is 34.1 Å². The largest absolute Gasteiger partial charge is 0.450 e. The quantitative estimate of drug-likeness (QED) is 0.348. The molecule has 0 aliphatic carbocycles. The van der Waals surface area contributed by atoms with Crippen LogP contribution in [0.3, 0.4) is 0 Å². The van der Waals surface area contributed by atoms with E-state index in [0.29, 0.717) is 20.7 Å². The van der Waals surface area contributed by atoms with Crippen molar-refractivity contribution in [1.82, 2.24) is 20.2 Å². The third-order valence-corrected chi connectivity index (χ3v) is 4.55. The van der Waals surface area contributed by atoms with Crippen LogP contribution in [0.4, 0.5) is 25.1 Å². The van der Waals surface area contributed by atoms with Crippen molar-refractivity contribution in [2.45, 2.75) is 0 Å². The molecule has 0 bridgehead atoms. The van der Waals surface area contributed by atoms with Gasteiger partial charge in [-0.3, -0.25) is 5.32 Å². The summed E-state index contributed by atoms with van der Waals surface area (Å²) >= 11 is 9.19. The number of anilines is 2. The van der Waals surface area contributed by atoms with Gasteiger partial charge in [-0.2, -0.15) is 0 Å². The fraction of sp³-hybridized carbons (Fsp3) is 0. The summed E-state index contributed by atoms with van der Waals surface area (Å²) < 4.78 is 34.9. The number of aromatic nitrogens is 4. The normalized spacial score (nSPS) is 10.8. The summed E-state index contributed by atoms with van der Waals surface area (Å²) in [6.45, 7) is 0. The van der Waals surface area contributed by atoms with Crippen LogP contribution in [0, 0.1) is 11.6 Å². The molecule has 0 aliphatic rings. The van der Waals surface area contributed by atoms with Crippen molar-refractivity contribution in [2.75, 3.05) is 10.6 Å². The van der Waals surface area contributed by atoms with Crippen LogP contribution >= 0.6 is 27.5 Å². The Morgan fingerprint density at radius 1 is 1.13 bits per heavy atom. The van der Waals surface area contributed by atoms with Crippen LogP contribution in [-0.2, 0) is 0 Å². The third-order valence-electron chi connectivity index (χ3n) is 3.83. The highest BCUT2D eigenvalue weighted by molar-refractivity contribution is 9.10. The van der Waals surface area contributed by atoms with Crippen LogP contribution in [0.2, 0.25) is 5.02 Å². The Morgan fingerprint density at radius 2 is 1.90 bits per heavy atom. The fourth-order valence-electron chi connectivity index (χ4n) is 2.57. The standard InChI is InChI=1S/C18H10BrClF2N6O2/c19-13-1-2-14(28-27-13)26-18(29)25-8-5-10(21)16(11(22)6-8)30-12-3-4-23-17-15(12)9(20)7-24-17/h1-7H,(H,23,24)(H2,25,26,28,29). The van der Waals surface area contributed by atoms with E-state index >= 15 is 0 Å². The molecule has 152 valence electrons. The fourth-order valence-corrected chi connectivity index (χ4v) is 3.02. The minimum atomic E-state index is -1.02. The molecule has 3 N–H and O–H groups in total. The number of carbonyl (C=O) groups is 1. The smallest absolute Gasteiger partial charge is 0.324 e. The summed E-state index contributed by atoms with van der Waals surface area (Å²) in [5.74, 6) is -2.42. The summed E-state index contributed by atoms with van der Waals surface area (Å²) in [5.41, 5.74) is 0.281. The zero-order valence-electron chi connectivity index (χ0n) is 14.7. The second-order valence-corrected chi connectivity index (χ2v) is 7.08. The van der Waals surface area contributed by atoms with E-state index in [2.05, 4.69) is 46.7 Å². The van der Waals surface area contributed by atoms with Gasteiger partial charge in [-0.15, -0.1) is 10.2 Å². The Balaban J connectivity index is 1.54. The van der Waals surface area contributed by atoms with Crippen LogP contribution < -0.4 is 15.4 Å². The summed E-state index contributed by atoms with van der Waals surface area (Å²) in [7, 11) is 0. The van der Waals surface area contributed by atoms with E-state index in [1.54, 1.807) is 6.07 Å². The van der Waals surface area contributed by atoms with E-state index in [9.17, 15) is 13.6 Å². The van der Waals surface area contributed by atoms with Crippen LogP contribution in [0.25, 0.3) is 11.0 Å². The van der Waals surface area contributed by atoms with E-state index in [1.165, 1.54) is 24.5 Å². The average Bonchev–Trinajstić information content (AvgIpc) is 3.08. The number of hydrogen-bond acceptors (Lipinski definition) is 5. The molecule has 4 rings (SSSR count). The molecule has 0 aliphatic heterocycles. The maximum absolute atomic E-state index is 14.5. The van der Waals surface area contributed by atoms with Gasteiger partial charge in [0.25, 0.3) is 0 Å². The average molecular weight is 496 g/mol. The van der Waals surface area contributed by atoms with Gasteiger partial charge in [-0.1, -0.05) is 11.6 Å².